The Hall–Kier alpha value is -3.92. The number of nitrogens with zero attached hydrogens (tertiary/aromatic N) is 2. The second kappa shape index (κ2) is 20.8. The van der Waals surface area contributed by atoms with Crippen molar-refractivity contribution in [3.8, 4) is 0 Å². The van der Waals surface area contributed by atoms with Gasteiger partial charge in [-0.05, 0) is 75.9 Å². The molecule has 0 saturated heterocycles. The van der Waals surface area contributed by atoms with Crippen molar-refractivity contribution in [1.82, 2.24) is 9.97 Å². The van der Waals surface area contributed by atoms with E-state index >= 15 is 0 Å². The molecular formula is C39H49LiN2O9. The molecule has 4 atom stereocenters. The second-order valence-corrected chi connectivity index (χ2v) is 12.5. The molecule has 0 aliphatic heterocycles. The minimum absolute atomic E-state index is 0. The number of hydrogen-bond acceptors (Lipinski definition) is 10. The second-order valence-electron chi connectivity index (χ2n) is 12.5. The molecular weight excluding hydrogens is 647 g/mol. The predicted molar refractivity (Wildman–Crippen MR) is 194 cm³/mol. The fraction of sp³-hybridized carbons (Fsp3) is 0.385. The van der Waals surface area contributed by atoms with Crippen LogP contribution in [0.4, 0.5) is 0 Å². The van der Waals surface area contributed by atoms with Crippen molar-refractivity contribution in [3.63, 3.8) is 0 Å². The van der Waals surface area contributed by atoms with Gasteiger partial charge >= 0.3 is 30.8 Å². The molecule has 11 nitrogen and oxygen atoms in total. The van der Waals surface area contributed by atoms with E-state index in [1.807, 2.05) is 73.7 Å². The number of aromatic nitrogens is 2. The minimum atomic E-state index is -0.986. The van der Waals surface area contributed by atoms with Gasteiger partial charge in [-0.25, -0.2) is 0 Å². The van der Waals surface area contributed by atoms with Crippen LogP contribution in [0, 0.1) is 10.8 Å². The van der Waals surface area contributed by atoms with Crippen LogP contribution in [0.3, 0.4) is 0 Å². The third-order valence-corrected chi connectivity index (χ3v) is 8.41. The Morgan fingerprint density at radius 1 is 0.725 bits per heavy atom. The number of carbonyl (C=O) groups excluding carboxylic acids is 1. The summed E-state index contributed by atoms with van der Waals surface area (Å²) in [6.45, 7) is 7.72. The fourth-order valence-electron chi connectivity index (χ4n) is 4.91. The van der Waals surface area contributed by atoms with Gasteiger partial charge in [-0.2, -0.15) is 0 Å². The summed E-state index contributed by atoms with van der Waals surface area (Å²) >= 11 is 0. The third-order valence-electron chi connectivity index (χ3n) is 8.41. The largest absolute Gasteiger partial charge is 1.00 e. The van der Waals surface area contributed by atoms with E-state index in [4.69, 9.17) is 14.2 Å². The number of carbonyl (C=O) groups is 2. The molecule has 51 heavy (non-hydrogen) atoms. The topological polar surface area (TPSA) is 178 Å². The zero-order valence-electron chi connectivity index (χ0n) is 30.8. The van der Waals surface area contributed by atoms with Crippen LogP contribution in [0.2, 0.25) is 0 Å². The standard InChI is InChI=1S/C20H25NO4.C19H23NO4.Li.H2O/c1-14(22)17-8-7-16-6-5-15(13-18(16)21-17)9-10-20(2,11-12-24-3)19(23)25-4;1-13(21)16-7-6-15-5-4-14(12-17(15)20-16)8-9-19(2,18(22)23)10-11-24-3;;/h5-10,13-14,22H,11-12H2,1-4H3;4-9,12-13,21H,10-11H2,1-3H3,(H,22,23);;1H2/q;;+1;/p-1/b10-9+;9-8+;;/t14-,20?;13-,19?;;/m11../s1. The van der Waals surface area contributed by atoms with Crippen molar-refractivity contribution < 1.29 is 63.5 Å². The molecule has 4 aromatic rings. The fourth-order valence-corrected chi connectivity index (χ4v) is 4.91. The van der Waals surface area contributed by atoms with E-state index in [1.165, 1.54) is 7.11 Å². The normalized spacial score (nSPS) is 14.8. The van der Waals surface area contributed by atoms with Crippen LogP contribution in [-0.4, -0.2) is 77.2 Å². The number of carboxylic acids is 1. The minimum Gasteiger partial charge on any atom is -0.870 e. The number of pyridine rings is 2. The molecule has 0 bridgehead atoms. The number of aliphatic hydroxyl groups is 2. The first-order chi connectivity index (χ1) is 23.2. The maximum atomic E-state index is 12.1. The predicted octanol–water partition coefficient (Wildman–Crippen LogP) is 3.77. The molecule has 0 aliphatic carbocycles. The molecule has 12 heteroatoms. The van der Waals surface area contributed by atoms with Gasteiger partial charge in [0.05, 0.1) is 52.6 Å². The number of hydrogen-bond donors (Lipinski definition) is 3. The summed E-state index contributed by atoms with van der Waals surface area (Å²) in [4.78, 5) is 32.6. The van der Waals surface area contributed by atoms with Crippen LogP contribution in [0.15, 0.2) is 72.8 Å². The molecule has 0 fully saturated rings. The Morgan fingerprint density at radius 2 is 1.12 bits per heavy atom. The molecule has 0 saturated carbocycles. The molecule has 270 valence electrons. The SMILES string of the molecule is COCCC(C)(/C=C/c1ccc2ccc([C@@H](C)O)nc2c1)C(=O)O.COCCC(C)(/C=C/c1ccc2ccc([C@@H](C)O)nc2c1)C(=O)OC.[Li+].[OH-]. The Morgan fingerprint density at radius 3 is 1.49 bits per heavy atom. The van der Waals surface area contributed by atoms with Gasteiger partial charge in [-0.3, -0.25) is 19.6 Å². The van der Waals surface area contributed by atoms with Gasteiger partial charge in [0.15, 0.2) is 0 Å². The van der Waals surface area contributed by atoms with Crippen molar-refractivity contribution in [2.45, 2.75) is 52.7 Å². The van der Waals surface area contributed by atoms with Gasteiger partial charge in [0.2, 0.25) is 0 Å². The summed E-state index contributed by atoms with van der Waals surface area (Å²) in [7, 11) is 4.55. The number of esters is 1. The first-order valence-corrected chi connectivity index (χ1v) is 16.1. The first-order valence-electron chi connectivity index (χ1n) is 16.1. The number of benzene rings is 2. The molecule has 2 aromatic carbocycles. The molecule has 4 N–H and O–H groups in total. The molecule has 2 aromatic heterocycles. The Bertz CT molecular complexity index is 1790. The van der Waals surface area contributed by atoms with Gasteiger partial charge in [0.1, 0.15) is 0 Å². The molecule has 4 rings (SSSR count). The molecule has 0 radical (unpaired) electrons. The number of carboxylic acid groups (broad SMARTS) is 1. The van der Waals surface area contributed by atoms with Gasteiger partial charge in [-0.1, -0.05) is 60.7 Å². The molecule has 2 heterocycles. The van der Waals surface area contributed by atoms with Crippen molar-refractivity contribution in [2.24, 2.45) is 10.8 Å². The summed E-state index contributed by atoms with van der Waals surface area (Å²) in [5.74, 6) is -1.18. The average molecular weight is 697 g/mol. The van der Waals surface area contributed by atoms with Crippen LogP contribution in [0.1, 0.15) is 75.3 Å². The molecule has 0 amide bonds. The van der Waals surface area contributed by atoms with Crippen molar-refractivity contribution >= 4 is 45.9 Å². The van der Waals surface area contributed by atoms with Gasteiger partial charge in [-0.15, -0.1) is 0 Å². The maximum absolute atomic E-state index is 12.1. The zero-order chi connectivity index (χ0) is 36.2. The summed E-state index contributed by atoms with van der Waals surface area (Å²) in [6.07, 6.45) is 6.91. The van der Waals surface area contributed by atoms with E-state index in [1.54, 1.807) is 53.2 Å². The van der Waals surface area contributed by atoms with E-state index in [2.05, 4.69) is 9.97 Å². The van der Waals surface area contributed by atoms with E-state index < -0.39 is 29.0 Å². The molecule has 0 aliphatic rings. The molecule has 0 spiro atoms. The van der Waals surface area contributed by atoms with Crippen molar-refractivity contribution in [3.05, 3.63) is 95.3 Å². The summed E-state index contributed by atoms with van der Waals surface area (Å²) < 4.78 is 15.0. The van der Waals surface area contributed by atoms with Crippen LogP contribution < -0.4 is 18.9 Å². The number of fused-ring (bicyclic) bond motifs is 2. The van der Waals surface area contributed by atoms with E-state index in [0.29, 0.717) is 37.4 Å². The quantitative estimate of drug-likeness (QED) is 0.129. The Labute approximate surface area is 311 Å². The van der Waals surface area contributed by atoms with Crippen LogP contribution in [0.5, 0.6) is 0 Å². The van der Waals surface area contributed by atoms with Gasteiger partial charge in [0, 0.05) is 38.2 Å². The van der Waals surface area contributed by atoms with Crippen LogP contribution in [0.25, 0.3) is 34.0 Å². The number of rotatable bonds is 14. The van der Waals surface area contributed by atoms with E-state index in [0.717, 1.165) is 32.9 Å². The number of methoxy groups -OCH3 is 3. The van der Waals surface area contributed by atoms with Gasteiger partial charge < -0.3 is 35.0 Å². The average Bonchev–Trinajstić information content (AvgIpc) is 3.10. The van der Waals surface area contributed by atoms with Crippen molar-refractivity contribution in [2.75, 3.05) is 34.5 Å². The number of ether oxygens (including phenoxy) is 3. The summed E-state index contributed by atoms with van der Waals surface area (Å²) in [5.41, 5.74) is 2.86. The van der Waals surface area contributed by atoms with Crippen LogP contribution >= 0.6 is 0 Å². The smallest absolute Gasteiger partial charge is 0.870 e. The third kappa shape index (κ3) is 12.7. The molecule has 2 unspecified atom stereocenters. The van der Waals surface area contributed by atoms with Gasteiger partial charge in [0.25, 0.3) is 0 Å². The van der Waals surface area contributed by atoms with Crippen molar-refractivity contribution in [1.29, 1.82) is 0 Å². The number of aliphatic hydroxyl groups excluding tert-OH is 2. The van der Waals surface area contributed by atoms with E-state index in [9.17, 15) is 24.9 Å². The van der Waals surface area contributed by atoms with Crippen LogP contribution in [-0.2, 0) is 23.8 Å². The summed E-state index contributed by atoms with van der Waals surface area (Å²) in [5, 5.41) is 30.8. The Balaban J connectivity index is 0.000000491. The zero-order valence-corrected chi connectivity index (χ0v) is 30.8. The maximum Gasteiger partial charge on any atom is 1.00 e. The van der Waals surface area contributed by atoms with E-state index in [-0.39, 0.29) is 30.3 Å². The monoisotopic (exact) mass is 696 g/mol. The first kappa shape index (κ1) is 45.1. The Kier molecular flexibility index (Phi) is 18.4. The summed E-state index contributed by atoms with van der Waals surface area (Å²) in [6, 6.07) is 19.1. The number of aliphatic carboxylic acids is 1.